The molecule has 2 aromatic carbocycles. The van der Waals surface area contributed by atoms with Crippen LogP contribution in [0.2, 0.25) is 5.02 Å². The van der Waals surface area contributed by atoms with Crippen molar-refractivity contribution >= 4 is 39.1 Å². The maximum absolute atomic E-state index is 12.1. The molecule has 0 spiro atoms. The van der Waals surface area contributed by atoms with E-state index < -0.39 is 0 Å². The van der Waals surface area contributed by atoms with Gasteiger partial charge in [-0.25, -0.2) is 0 Å². The number of hydrogen-bond donors (Lipinski definition) is 2. The van der Waals surface area contributed by atoms with Crippen molar-refractivity contribution in [3.63, 3.8) is 0 Å². The Labute approximate surface area is 155 Å². The highest BCUT2D eigenvalue weighted by Gasteiger charge is 2.11. The molecule has 2 rings (SSSR count). The first-order valence-electron chi connectivity index (χ1n) is 7.51. The molecule has 0 unspecified atom stereocenters. The summed E-state index contributed by atoms with van der Waals surface area (Å²) < 4.78 is 1.02. The number of amides is 1. The highest BCUT2D eigenvalue weighted by Crippen LogP contribution is 2.21. The number of carbonyl (C=O) groups is 1. The van der Waals surface area contributed by atoms with E-state index in [1.54, 1.807) is 18.2 Å². The van der Waals surface area contributed by atoms with Crippen LogP contribution in [0.25, 0.3) is 0 Å². The molecule has 1 atom stereocenters. The zero-order valence-corrected chi connectivity index (χ0v) is 15.5. The van der Waals surface area contributed by atoms with Gasteiger partial charge in [-0.15, -0.1) is 0 Å². The van der Waals surface area contributed by atoms with Crippen LogP contribution in [0.15, 0.2) is 46.9 Å². The SMILES string of the molecule is CC[C@H](NCC(=O)Nc1ccc(C#N)c(Cl)c1)c1ccc(Br)cc1. The summed E-state index contributed by atoms with van der Waals surface area (Å²) in [5, 5.41) is 15.2. The van der Waals surface area contributed by atoms with Crippen LogP contribution in [-0.2, 0) is 4.79 Å². The molecule has 0 aromatic heterocycles. The average molecular weight is 407 g/mol. The average Bonchev–Trinajstić information content (AvgIpc) is 2.57. The summed E-state index contributed by atoms with van der Waals surface area (Å²) in [6.07, 6.45) is 0.873. The Morgan fingerprint density at radius 2 is 2.00 bits per heavy atom. The molecule has 124 valence electrons. The predicted octanol–water partition coefficient (Wildman–Crippen LogP) is 4.65. The molecule has 2 aromatic rings. The number of carbonyl (C=O) groups excluding carboxylic acids is 1. The highest BCUT2D eigenvalue weighted by atomic mass is 79.9. The number of nitrogens with zero attached hydrogens (tertiary/aromatic N) is 1. The molecule has 4 nitrogen and oxygen atoms in total. The molecular weight excluding hydrogens is 390 g/mol. The molecular formula is C18H17BrClN3O. The quantitative estimate of drug-likeness (QED) is 0.733. The first-order chi connectivity index (χ1) is 11.5. The Morgan fingerprint density at radius 3 is 2.58 bits per heavy atom. The van der Waals surface area contributed by atoms with Gasteiger partial charge in [0.1, 0.15) is 6.07 Å². The van der Waals surface area contributed by atoms with Crippen molar-refractivity contribution in [3.05, 3.63) is 63.1 Å². The van der Waals surface area contributed by atoms with E-state index in [0.29, 0.717) is 16.3 Å². The van der Waals surface area contributed by atoms with Gasteiger partial charge in [-0.3, -0.25) is 4.79 Å². The van der Waals surface area contributed by atoms with E-state index in [9.17, 15) is 4.79 Å². The van der Waals surface area contributed by atoms with E-state index in [1.165, 1.54) is 0 Å². The Hall–Kier alpha value is -1.87. The topological polar surface area (TPSA) is 64.9 Å². The number of nitriles is 1. The summed E-state index contributed by atoms with van der Waals surface area (Å²) >= 11 is 9.38. The molecule has 1 amide bonds. The van der Waals surface area contributed by atoms with E-state index in [1.807, 2.05) is 30.3 Å². The van der Waals surface area contributed by atoms with Gasteiger partial charge in [0.15, 0.2) is 0 Å². The Kier molecular flexibility index (Phi) is 6.80. The van der Waals surface area contributed by atoms with Crippen LogP contribution in [0.3, 0.4) is 0 Å². The lowest BCUT2D eigenvalue weighted by atomic mass is 10.0. The fraction of sp³-hybridized carbons (Fsp3) is 0.222. The van der Waals surface area contributed by atoms with Crippen LogP contribution in [0.1, 0.15) is 30.5 Å². The molecule has 2 N–H and O–H groups in total. The zero-order valence-electron chi connectivity index (χ0n) is 13.1. The second kappa shape index (κ2) is 8.84. The number of hydrogen-bond acceptors (Lipinski definition) is 3. The van der Waals surface area contributed by atoms with E-state index in [4.69, 9.17) is 16.9 Å². The van der Waals surface area contributed by atoms with Crippen LogP contribution in [0, 0.1) is 11.3 Å². The summed E-state index contributed by atoms with van der Waals surface area (Å²) in [6.45, 7) is 2.25. The largest absolute Gasteiger partial charge is 0.325 e. The molecule has 0 saturated heterocycles. The fourth-order valence-electron chi connectivity index (χ4n) is 2.30. The maximum Gasteiger partial charge on any atom is 0.238 e. The van der Waals surface area contributed by atoms with Crippen molar-refractivity contribution in [1.29, 1.82) is 5.26 Å². The van der Waals surface area contributed by atoms with E-state index in [2.05, 4.69) is 33.5 Å². The molecule has 0 bridgehead atoms. The number of rotatable bonds is 6. The van der Waals surface area contributed by atoms with E-state index >= 15 is 0 Å². The summed E-state index contributed by atoms with van der Waals surface area (Å²) in [5.74, 6) is -0.161. The minimum absolute atomic E-state index is 0.105. The van der Waals surface area contributed by atoms with Crippen molar-refractivity contribution in [2.45, 2.75) is 19.4 Å². The predicted molar refractivity (Wildman–Crippen MR) is 100.0 cm³/mol. The normalized spacial score (nSPS) is 11.6. The minimum Gasteiger partial charge on any atom is -0.325 e. The molecule has 6 heteroatoms. The second-order valence-electron chi connectivity index (χ2n) is 5.25. The molecule has 0 radical (unpaired) electrons. The molecule has 0 aliphatic carbocycles. The summed E-state index contributed by atoms with van der Waals surface area (Å²) in [5.41, 5.74) is 2.09. The van der Waals surface area contributed by atoms with Gasteiger partial charge in [-0.05, 0) is 42.3 Å². The zero-order chi connectivity index (χ0) is 17.5. The van der Waals surface area contributed by atoms with E-state index in [0.717, 1.165) is 16.5 Å². The minimum atomic E-state index is -0.161. The van der Waals surface area contributed by atoms with Gasteiger partial charge in [0.05, 0.1) is 17.1 Å². The van der Waals surface area contributed by atoms with Crippen LogP contribution >= 0.6 is 27.5 Å². The van der Waals surface area contributed by atoms with Crippen LogP contribution in [-0.4, -0.2) is 12.5 Å². The lowest BCUT2D eigenvalue weighted by Crippen LogP contribution is -2.31. The smallest absolute Gasteiger partial charge is 0.238 e. The highest BCUT2D eigenvalue weighted by molar-refractivity contribution is 9.10. The van der Waals surface area contributed by atoms with Crippen LogP contribution in [0.5, 0.6) is 0 Å². The van der Waals surface area contributed by atoms with Crippen molar-refractivity contribution in [3.8, 4) is 6.07 Å². The van der Waals surface area contributed by atoms with E-state index in [-0.39, 0.29) is 18.5 Å². The molecule has 0 aliphatic rings. The summed E-state index contributed by atoms with van der Waals surface area (Å²) in [6, 6.07) is 14.9. The first kappa shape index (κ1) is 18.5. The molecule has 0 saturated carbocycles. The lowest BCUT2D eigenvalue weighted by molar-refractivity contribution is -0.115. The van der Waals surface area contributed by atoms with Gasteiger partial charge in [0, 0.05) is 16.2 Å². The number of nitrogens with one attached hydrogen (secondary N) is 2. The molecule has 0 fully saturated rings. The van der Waals surface area contributed by atoms with Crippen molar-refractivity contribution < 1.29 is 4.79 Å². The van der Waals surface area contributed by atoms with Crippen molar-refractivity contribution in [2.24, 2.45) is 0 Å². The van der Waals surface area contributed by atoms with Gasteiger partial charge in [0.25, 0.3) is 0 Å². The van der Waals surface area contributed by atoms with Crippen LogP contribution < -0.4 is 10.6 Å². The Morgan fingerprint density at radius 1 is 1.29 bits per heavy atom. The molecule has 24 heavy (non-hydrogen) atoms. The van der Waals surface area contributed by atoms with Gasteiger partial charge >= 0.3 is 0 Å². The summed E-state index contributed by atoms with van der Waals surface area (Å²) in [7, 11) is 0. The maximum atomic E-state index is 12.1. The van der Waals surface area contributed by atoms with Gasteiger partial charge in [-0.1, -0.05) is 46.6 Å². The number of halogens is 2. The Balaban J connectivity index is 1.93. The fourth-order valence-corrected chi connectivity index (χ4v) is 2.78. The number of anilines is 1. The third-order valence-corrected chi connectivity index (χ3v) is 4.40. The summed E-state index contributed by atoms with van der Waals surface area (Å²) in [4.78, 5) is 12.1. The standard InChI is InChI=1S/C18H17BrClN3O/c1-2-17(12-3-6-14(19)7-4-12)22-11-18(24)23-15-8-5-13(10-21)16(20)9-15/h3-9,17,22H,2,11H2,1H3,(H,23,24)/t17-/m0/s1. The first-order valence-corrected chi connectivity index (χ1v) is 8.69. The van der Waals surface area contributed by atoms with Gasteiger partial charge in [-0.2, -0.15) is 5.26 Å². The third kappa shape index (κ3) is 5.07. The van der Waals surface area contributed by atoms with Gasteiger partial charge < -0.3 is 10.6 Å². The van der Waals surface area contributed by atoms with Crippen molar-refractivity contribution in [2.75, 3.05) is 11.9 Å². The monoisotopic (exact) mass is 405 g/mol. The second-order valence-corrected chi connectivity index (χ2v) is 6.57. The number of benzene rings is 2. The van der Waals surface area contributed by atoms with Crippen molar-refractivity contribution in [1.82, 2.24) is 5.32 Å². The Bertz CT molecular complexity index is 756. The third-order valence-electron chi connectivity index (χ3n) is 3.56. The molecule has 0 heterocycles. The van der Waals surface area contributed by atoms with Crippen LogP contribution in [0.4, 0.5) is 5.69 Å². The lowest BCUT2D eigenvalue weighted by Gasteiger charge is -2.17. The molecule has 0 aliphatic heterocycles. The van der Waals surface area contributed by atoms with Gasteiger partial charge in [0.2, 0.25) is 5.91 Å².